The Morgan fingerprint density at radius 1 is 1.33 bits per heavy atom. The highest BCUT2D eigenvalue weighted by atomic mass is 32.2. The lowest BCUT2D eigenvalue weighted by molar-refractivity contribution is -0.137. The maximum atomic E-state index is 12.9. The molecule has 0 fully saturated rings. The van der Waals surface area contributed by atoms with Gasteiger partial charge in [0.2, 0.25) is 0 Å². The van der Waals surface area contributed by atoms with Gasteiger partial charge in [0.15, 0.2) is 0 Å². The highest BCUT2D eigenvalue weighted by Gasteiger charge is 2.34. The summed E-state index contributed by atoms with van der Waals surface area (Å²) in [5, 5.41) is 0. The first-order chi connectivity index (χ1) is 8.36. The van der Waals surface area contributed by atoms with E-state index in [0.29, 0.717) is 6.54 Å². The van der Waals surface area contributed by atoms with Gasteiger partial charge in [0, 0.05) is 25.0 Å². The Balaban J connectivity index is 2.93. The quantitative estimate of drug-likeness (QED) is 0.660. The Hall–Kier alpha value is -1.04. The number of thioether (sulfide) groups is 1. The molecule has 0 amide bonds. The van der Waals surface area contributed by atoms with E-state index in [1.807, 2.05) is 6.26 Å². The zero-order chi connectivity index (χ0) is 13.8. The van der Waals surface area contributed by atoms with Crippen LogP contribution in [-0.2, 0) is 6.18 Å². The number of alkyl halides is 3. The van der Waals surface area contributed by atoms with Crippen LogP contribution in [0.15, 0.2) is 18.2 Å². The van der Waals surface area contributed by atoms with Crippen LogP contribution in [0.2, 0.25) is 0 Å². The molecule has 0 aliphatic heterocycles. The lowest BCUT2D eigenvalue weighted by Gasteiger charge is -2.23. The van der Waals surface area contributed by atoms with Gasteiger partial charge in [-0.05, 0) is 36.6 Å². The summed E-state index contributed by atoms with van der Waals surface area (Å²) in [6.45, 7) is 0.591. The standard InChI is InChI=1S/C12H17F3N2S/c1-17(6-3-7-18-2)11-5-4-9(16)8-10(11)12(13,14)15/h4-5,8H,3,6-7,16H2,1-2H3. The number of nitrogen functional groups attached to an aromatic ring is 1. The Kier molecular flexibility index (Phi) is 5.19. The summed E-state index contributed by atoms with van der Waals surface area (Å²) in [6.07, 6.45) is -1.55. The summed E-state index contributed by atoms with van der Waals surface area (Å²) in [5.41, 5.74) is 5.06. The second kappa shape index (κ2) is 6.22. The smallest absolute Gasteiger partial charge is 0.399 e. The minimum Gasteiger partial charge on any atom is -0.399 e. The molecule has 6 heteroatoms. The van der Waals surface area contributed by atoms with Crippen LogP contribution in [0.25, 0.3) is 0 Å². The van der Waals surface area contributed by atoms with Crippen molar-refractivity contribution in [2.45, 2.75) is 12.6 Å². The largest absolute Gasteiger partial charge is 0.418 e. The summed E-state index contributed by atoms with van der Waals surface area (Å²) in [4.78, 5) is 1.62. The molecule has 2 nitrogen and oxygen atoms in total. The molecule has 0 spiro atoms. The van der Waals surface area contributed by atoms with Gasteiger partial charge in [-0.3, -0.25) is 0 Å². The molecule has 0 saturated heterocycles. The van der Waals surface area contributed by atoms with Crippen LogP contribution in [-0.4, -0.2) is 25.6 Å². The third-order valence-corrected chi connectivity index (χ3v) is 3.28. The van der Waals surface area contributed by atoms with Gasteiger partial charge in [-0.15, -0.1) is 0 Å². The van der Waals surface area contributed by atoms with Gasteiger partial charge in [0.05, 0.1) is 5.56 Å². The Morgan fingerprint density at radius 3 is 2.56 bits per heavy atom. The van der Waals surface area contributed by atoms with E-state index in [0.717, 1.165) is 18.2 Å². The zero-order valence-corrected chi connectivity index (χ0v) is 11.2. The molecule has 1 aromatic carbocycles. The summed E-state index contributed by atoms with van der Waals surface area (Å²) >= 11 is 1.68. The number of hydrogen-bond acceptors (Lipinski definition) is 3. The second-order valence-corrected chi connectivity index (χ2v) is 5.03. The Morgan fingerprint density at radius 2 is 2.00 bits per heavy atom. The van der Waals surface area contributed by atoms with E-state index in [1.165, 1.54) is 12.1 Å². The zero-order valence-electron chi connectivity index (χ0n) is 10.4. The fourth-order valence-electron chi connectivity index (χ4n) is 1.68. The monoisotopic (exact) mass is 278 g/mol. The molecule has 2 N–H and O–H groups in total. The van der Waals surface area contributed by atoms with Gasteiger partial charge >= 0.3 is 6.18 Å². The van der Waals surface area contributed by atoms with Crippen molar-refractivity contribution in [1.82, 2.24) is 0 Å². The minimum absolute atomic E-state index is 0.128. The SMILES string of the molecule is CSCCCN(C)c1ccc(N)cc1C(F)(F)F. The molecule has 0 aromatic heterocycles. The van der Waals surface area contributed by atoms with Gasteiger partial charge < -0.3 is 10.6 Å². The van der Waals surface area contributed by atoms with E-state index in [2.05, 4.69) is 0 Å². The minimum atomic E-state index is -4.38. The van der Waals surface area contributed by atoms with Crippen LogP contribution < -0.4 is 10.6 Å². The van der Waals surface area contributed by atoms with Gasteiger partial charge in [0.25, 0.3) is 0 Å². The van der Waals surface area contributed by atoms with Crippen molar-refractivity contribution in [3.8, 4) is 0 Å². The summed E-state index contributed by atoms with van der Waals surface area (Å²) < 4.78 is 38.7. The molecule has 0 heterocycles. The van der Waals surface area contributed by atoms with E-state index < -0.39 is 11.7 Å². The van der Waals surface area contributed by atoms with Crippen molar-refractivity contribution in [2.24, 2.45) is 0 Å². The van der Waals surface area contributed by atoms with Crippen LogP contribution >= 0.6 is 11.8 Å². The van der Waals surface area contributed by atoms with E-state index >= 15 is 0 Å². The summed E-state index contributed by atoms with van der Waals surface area (Å²) in [7, 11) is 1.67. The third kappa shape index (κ3) is 4.01. The van der Waals surface area contributed by atoms with Crippen LogP contribution in [0.4, 0.5) is 24.5 Å². The van der Waals surface area contributed by atoms with Gasteiger partial charge in [-0.25, -0.2) is 0 Å². The normalized spacial score (nSPS) is 11.6. The molecule has 0 saturated carbocycles. The van der Waals surface area contributed by atoms with Crippen LogP contribution in [0.1, 0.15) is 12.0 Å². The lowest BCUT2D eigenvalue weighted by atomic mass is 10.1. The van der Waals surface area contributed by atoms with Gasteiger partial charge in [0.1, 0.15) is 0 Å². The summed E-state index contributed by atoms with van der Waals surface area (Å²) in [6, 6.07) is 3.91. The fraction of sp³-hybridized carbons (Fsp3) is 0.500. The number of hydrogen-bond donors (Lipinski definition) is 1. The first-order valence-corrected chi connectivity index (χ1v) is 6.92. The second-order valence-electron chi connectivity index (χ2n) is 4.04. The van der Waals surface area contributed by atoms with E-state index in [-0.39, 0.29) is 11.4 Å². The number of benzene rings is 1. The average molecular weight is 278 g/mol. The Bertz CT molecular complexity index is 393. The number of anilines is 2. The van der Waals surface area contributed by atoms with Crippen molar-refractivity contribution in [2.75, 3.05) is 36.2 Å². The van der Waals surface area contributed by atoms with Crippen molar-refractivity contribution in [3.63, 3.8) is 0 Å². The number of halogens is 3. The molecule has 1 aromatic rings. The van der Waals surface area contributed by atoms with Crippen LogP contribution in [0.3, 0.4) is 0 Å². The first kappa shape index (κ1) is 15.0. The number of rotatable bonds is 5. The average Bonchev–Trinajstić information content (AvgIpc) is 2.28. The van der Waals surface area contributed by atoms with E-state index in [4.69, 9.17) is 5.73 Å². The first-order valence-electron chi connectivity index (χ1n) is 5.53. The molecule has 0 radical (unpaired) electrons. The van der Waals surface area contributed by atoms with Gasteiger partial charge in [-0.2, -0.15) is 24.9 Å². The molecule has 0 bridgehead atoms. The third-order valence-electron chi connectivity index (χ3n) is 2.58. The lowest BCUT2D eigenvalue weighted by Crippen LogP contribution is -2.23. The van der Waals surface area contributed by atoms with Crippen LogP contribution in [0.5, 0.6) is 0 Å². The maximum Gasteiger partial charge on any atom is 0.418 e. The molecule has 1 rings (SSSR count). The van der Waals surface area contributed by atoms with Gasteiger partial charge in [-0.1, -0.05) is 0 Å². The van der Waals surface area contributed by atoms with E-state index in [9.17, 15) is 13.2 Å². The molecule has 0 aliphatic carbocycles. The molecule has 0 unspecified atom stereocenters. The number of nitrogens with zero attached hydrogens (tertiary/aromatic N) is 1. The Labute approximate surface area is 109 Å². The molecule has 0 atom stereocenters. The molecule has 0 aliphatic rings. The topological polar surface area (TPSA) is 29.3 Å². The van der Waals surface area contributed by atoms with E-state index in [1.54, 1.807) is 23.7 Å². The van der Waals surface area contributed by atoms with Crippen molar-refractivity contribution < 1.29 is 13.2 Å². The molecule has 18 heavy (non-hydrogen) atoms. The van der Waals surface area contributed by atoms with Crippen molar-refractivity contribution in [1.29, 1.82) is 0 Å². The molecular formula is C12H17F3N2S. The number of nitrogens with two attached hydrogens (primary N) is 1. The molecule has 102 valence electrons. The summed E-state index contributed by atoms with van der Waals surface area (Å²) in [5.74, 6) is 0.931. The predicted octanol–water partition coefficient (Wildman–Crippen LogP) is 3.48. The highest BCUT2D eigenvalue weighted by Crippen LogP contribution is 2.37. The van der Waals surface area contributed by atoms with Crippen molar-refractivity contribution in [3.05, 3.63) is 23.8 Å². The van der Waals surface area contributed by atoms with Crippen molar-refractivity contribution >= 4 is 23.1 Å². The fourth-order valence-corrected chi connectivity index (χ4v) is 2.10. The van der Waals surface area contributed by atoms with Crippen LogP contribution in [0, 0.1) is 0 Å². The highest BCUT2D eigenvalue weighted by molar-refractivity contribution is 7.98. The predicted molar refractivity (Wildman–Crippen MR) is 72.1 cm³/mol. The molecular weight excluding hydrogens is 261 g/mol. The maximum absolute atomic E-state index is 12.9.